The summed E-state index contributed by atoms with van der Waals surface area (Å²) in [5.74, 6) is 0. The van der Waals surface area contributed by atoms with Crippen molar-refractivity contribution < 1.29 is 0 Å². The highest BCUT2D eigenvalue weighted by atomic mass is 32.1. The van der Waals surface area contributed by atoms with Crippen LogP contribution in [-0.4, -0.2) is 23.6 Å². The predicted molar refractivity (Wildman–Crippen MR) is 88.7 cm³/mol. The fourth-order valence-corrected chi connectivity index (χ4v) is 4.08. The van der Waals surface area contributed by atoms with Crippen LogP contribution in [-0.2, 0) is 13.0 Å². The number of nitrogens with zero attached hydrogens (tertiary/aromatic N) is 2. The smallest absolute Gasteiger partial charge is 0.186 e. The molecule has 1 fully saturated rings. The van der Waals surface area contributed by atoms with Crippen molar-refractivity contribution >= 4 is 16.5 Å². The second-order valence-electron chi connectivity index (χ2n) is 6.01. The van der Waals surface area contributed by atoms with Gasteiger partial charge in [-0.1, -0.05) is 27.7 Å². The average molecular weight is 295 g/mol. The first-order chi connectivity index (χ1) is 9.65. The first-order valence-electron chi connectivity index (χ1n) is 8.14. The molecule has 1 unspecified atom stereocenters. The van der Waals surface area contributed by atoms with Crippen LogP contribution in [0, 0.1) is 0 Å². The normalized spacial score (nSPS) is 19.9. The molecule has 20 heavy (non-hydrogen) atoms. The molecule has 0 bridgehead atoms. The lowest BCUT2D eigenvalue weighted by atomic mass is 10.0. The van der Waals surface area contributed by atoms with Crippen molar-refractivity contribution in [1.29, 1.82) is 0 Å². The summed E-state index contributed by atoms with van der Waals surface area (Å²) < 4.78 is 0. The summed E-state index contributed by atoms with van der Waals surface area (Å²) in [7, 11) is 0. The summed E-state index contributed by atoms with van der Waals surface area (Å²) in [6, 6.07) is 1.23. The maximum absolute atomic E-state index is 4.93. The van der Waals surface area contributed by atoms with Crippen molar-refractivity contribution in [3.63, 3.8) is 0 Å². The average Bonchev–Trinajstić information content (AvgIpc) is 2.88. The Morgan fingerprint density at radius 3 is 2.80 bits per heavy atom. The van der Waals surface area contributed by atoms with E-state index < -0.39 is 0 Å². The molecule has 0 amide bonds. The Morgan fingerprint density at radius 1 is 1.35 bits per heavy atom. The monoisotopic (exact) mass is 295 g/mol. The van der Waals surface area contributed by atoms with Gasteiger partial charge >= 0.3 is 0 Å². The van der Waals surface area contributed by atoms with Gasteiger partial charge < -0.3 is 10.2 Å². The standard InChI is InChI=1S/C16H29N3S/c1-5-13-9-7-8-10-19(13)16-18-14(6-2)15(20-16)11-17-12(3)4/h12-13,17H,5-11H2,1-4H3. The van der Waals surface area contributed by atoms with Crippen molar-refractivity contribution in [3.8, 4) is 0 Å². The van der Waals surface area contributed by atoms with Crippen molar-refractivity contribution in [2.75, 3.05) is 11.4 Å². The van der Waals surface area contributed by atoms with Crippen LogP contribution < -0.4 is 10.2 Å². The largest absolute Gasteiger partial charge is 0.345 e. The second kappa shape index (κ2) is 7.41. The van der Waals surface area contributed by atoms with Gasteiger partial charge in [-0.2, -0.15) is 0 Å². The zero-order chi connectivity index (χ0) is 14.5. The second-order valence-corrected chi connectivity index (χ2v) is 7.07. The lowest BCUT2D eigenvalue weighted by Gasteiger charge is -2.35. The molecule has 2 rings (SSSR count). The number of hydrogen-bond acceptors (Lipinski definition) is 4. The molecular weight excluding hydrogens is 266 g/mol. The van der Waals surface area contributed by atoms with Crippen LogP contribution in [0.3, 0.4) is 0 Å². The fourth-order valence-electron chi connectivity index (χ4n) is 2.88. The molecule has 1 N–H and O–H groups in total. The third kappa shape index (κ3) is 3.73. The van der Waals surface area contributed by atoms with Crippen molar-refractivity contribution in [1.82, 2.24) is 10.3 Å². The van der Waals surface area contributed by atoms with Gasteiger partial charge in [0.25, 0.3) is 0 Å². The predicted octanol–water partition coefficient (Wildman–Crippen LogP) is 3.97. The van der Waals surface area contributed by atoms with E-state index in [1.54, 1.807) is 0 Å². The van der Waals surface area contributed by atoms with E-state index in [0.29, 0.717) is 12.1 Å². The van der Waals surface area contributed by atoms with Gasteiger partial charge in [0.15, 0.2) is 5.13 Å². The SMILES string of the molecule is CCc1nc(N2CCCCC2CC)sc1CNC(C)C. The number of aryl methyl sites for hydroxylation is 1. The van der Waals surface area contributed by atoms with Gasteiger partial charge in [-0.25, -0.2) is 4.98 Å². The molecule has 0 aromatic carbocycles. The molecular formula is C16H29N3S. The number of nitrogens with one attached hydrogen (secondary N) is 1. The highest BCUT2D eigenvalue weighted by Gasteiger charge is 2.24. The molecule has 1 saturated heterocycles. The fraction of sp³-hybridized carbons (Fsp3) is 0.812. The maximum atomic E-state index is 4.93. The number of thiazole rings is 1. The maximum Gasteiger partial charge on any atom is 0.186 e. The van der Waals surface area contributed by atoms with Crippen LogP contribution in [0.25, 0.3) is 0 Å². The Labute approximate surface area is 127 Å². The molecule has 114 valence electrons. The van der Waals surface area contributed by atoms with Gasteiger partial charge in [-0.15, -0.1) is 11.3 Å². The molecule has 0 radical (unpaired) electrons. The van der Waals surface area contributed by atoms with Crippen molar-refractivity contribution in [3.05, 3.63) is 10.6 Å². The van der Waals surface area contributed by atoms with E-state index >= 15 is 0 Å². The molecule has 0 saturated carbocycles. The van der Waals surface area contributed by atoms with Gasteiger partial charge in [0.05, 0.1) is 5.69 Å². The van der Waals surface area contributed by atoms with Gasteiger partial charge in [0.2, 0.25) is 0 Å². The summed E-state index contributed by atoms with van der Waals surface area (Å²) in [6.07, 6.45) is 6.30. The summed E-state index contributed by atoms with van der Waals surface area (Å²) in [5.41, 5.74) is 1.29. The zero-order valence-corrected chi connectivity index (χ0v) is 14.2. The molecule has 1 atom stereocenters. The van der Waals surface area contributed by atoms with Crippen LogP contribution in [0.1, 0.15) is 63.9 Å². The van der Waals surface area contributed by atoms with E-state index in [9.17, 15) is 0 Å². The molecule has 3 nitrogen and oxygen atoms in total. The van der Waals surface area contributed by atoms with E-state index in [4.69, 9.17) is 4.98 Å². The summed E-state index contributed by atoms with van der Waals surface area (Å²) >= 11 is 1.90. The Bertz CT molecular complexity index is 414. The van der Waals surface area contributed by atoms with E-state index in [1.807, 2.05) is 11.3 Å². The molecule has 0 spiro atoms. The number of rotatable bonds is 6. The van der Waals surface area contributed by atoms with E-state index in [1.165, 1.54) is 47.9 Å². The lowest BCUT2D eigenvalue weighted by Crippen LogP contribution is -2.39. The van der Waals surface area contributed by atoms with Crippen LogP contribution in [0.15, 0.2) is 0 Å². The van der Waals surface area contributed by atoms with Gasteiger partial charge in [0.1, 0.15) is 0 Å². The van der Waals surface area contributed by atoms with E-state index in [2.05, 4.69) is 37.9 Å². The highest BCUT2D eigenvalue weighted by Crippen LogP contribution is 2.32. The van der Waals surface area contributed by atoms with Gasteiger partial charge in [0, 0.05) is 30.1 Å². The lowest BCUT2D eigenvalue weighted by molar-refractivity contribution is 0.449. The third-order valence-corrected chi connectivity index (χ3v) is 5.25. The topological polar surface area (TPSA) is 28.2 Å². The zero-order valence-electron chi connectivity index (χ0n) is 13.4. The van der Waals surface area contributed by atoms with Crippen LogP contribution in [0.4, 0.5) is 5.13 Å². The number of aromatic nitrogens is 1. The first kappa shape index (κ1) is 15.8. The minimum Gasteiger partial charge on any atom is -0.345 e. The number of piperidine rings is 1. The molecule has 2 heterocycles. The van der Waals surface area contributed by atoms with Crippen molar-refractivity contribution in [2.45, 2.75) is 78.4 Å². The highest BCUT2D eigenvalue weighted by molar-refractivity contribution is 7.15. The Balaban J connectivity index is 2.14. The van der Waals surface area contributed by atoms with E-state index in [-0.39, 0.29) is 0 Å². The molecule has 1 aliphatic heterocycles. The Hall–Kier alpha value is -0.610. The van der Waals surface area contributed by atoms with Gasteiger partial charge in [-0.05, 0) is 32.1 Å². The Kier molecular flexibility index (Phi) is 5.85. The first-order valence-corrected chi connectivity index (χ1v) is 8.95. The molecule has 0 aliphatic carbocycles. The summed E-state index contributed by atoms with van der Waals surface area (Å²) in [4.78, 5) is 8.92. The molecule has 4 heteroatoms. The molecule has 1 aliphatic rings. The number of anilines is 1. The number of hydrogen-bond donors (Lipinski definition) is 1. The van der Waals surface area contributed by atoms with Gasteiger partial charge in [-0.3, -0.25) is 0 Å². The Morgan fingerprint density at radius 2 is 2.15 bits per heavy atom. The molecule has 1 aromatic heterocycles. The minimum atomic E-state index is 0.531. The van der Waals surface area contributed by atoms with Crippen LogP contribution >= 0.6 is 11.3 Å². The van der Waals surface area contributed by atoms with Crippen LogP contribution in [0.2, 0.25) is 0 Å². The van der Waals surface area contributed by atoms with E-state index in [0.717, 1.165) is 13.0 Å². The summed E-state index contributed by atoms with van der Waals surface area (Å²) in [5, 5.41) is 4.79. The van der Waals surface area contributed by atoms with Crippen molar-refractivity contribution in [2.24, 2.45) is 0 Å². The minimum absolute atomic E-state index is 0.531. The summed E-state index contributed by atoms with van der Waals surface area (Å²) in [6.45, 7) is 11.1. The third-order valence-electron chi connectivity index (χ3n) is 4.12. The van der Waals surface area contributed by atoms with Crippen LogP contribution in [0.5, 0.6) is 0 Å². The molecule has 1 aromatic rings. The quantitative estimate of drug-likeness (QED) is 0.860.